The third-order valence-corrected chi connectivity index (χ3v) is 5.49. The van der Waals surface area contributed by atoms with Crippen LogP contribution in [0.2, 0.25) is 0 Å². The normalized spacial score (nSPS) is 12.8. The van der Waals surface area contributed by atoms with E-state index in [0.717, 1.165) is 0 Å². The number of ketones is 2. The number of esters is 1. The molecule has 0 bridgehead atoms. The van der Waals surface area contributed by atoms with E-state index >= 15 is 0 Å². The van der Waals surface area contributed by atoms with Gasteiger partial charge < -0.3 is 19.5 Å². The van der Waals surface area contributed by atoms with Gasteiger partial charge in [-0.25, -0.2) is 4.79 Å². The minimum absolute atomic E-state index is 0.0935. The zero-order valence-corrected chi connectivity index (χ0v) is 18.7. The SMILES string of the molecule is COc1cccc(C(=O)OC(C)C(=O)Nc2cccc3c2C(=O)c2ccccc2C3=O)c1OC. The van der Waals surface area contributed by atoms with Crippen molar-refractivity contribution in [2.24, 2.45) is 0 Å². The number of fused-ring (bicyclic) bond motifs is 2. The molecule has 3 aromatic rings. The number of nitrogens with one attached hydrogen (secondary N) is 1. The summed E-state index contributed by atoms with van der Waals surface area (Å²) in [6, 6.07) is 15.9. The number of rotatable bonds is 6. The first-order chi connectivity index (χ1) is 16.4. The summed E-state index contributed by atoms with van der Waals surface area (Å²) in [5.41, 5.74) is 1.15. The van der Waals surface area contributed by atoms with E-state index in [9.17, 15) is 19.2 Å². The number of methoxy groups -OCH3 is 2. The van der Waals surface area contributed by atoms with Gasteiger partial charge in [0.05, 0.1) is 25.5 Å². The molecule has 1 atom stereocenters. The van der Waals surface area contributed by atoms with E-state index in [0.29, 0.717) is 11.3 Å². The van der Waals surface area contributed by atoms with Crippen molar-refractivity contribution in [2.75, 3.05) is 19.5 Å². The highest BCUT2D eigenvalue weighted by atomic mass is 16.6. The average Bonchev–Trinajstić information content (AvgIpc) is 2.86. The zero-order valence-electron chi connectivity index (χ0n) is 18.7. The molecule has 0 radical (unpaired) electrons. The Balaban J connectivity index is 1.56. The van der Waals surface area contributed by atoms with Crippen LogP contribution in [0, 0.1) is 0 Å². The Hall–Kier alpha value is -4.46. The van der Waals surface area contributed by atoms with E-state index in [1.807, 2.05) is 0 Å². The lowest BCUT2D eigenvalue weighted by molar-refractivity contribution is -0.123. The van der Waals surface area contributed by atoms with Gasteiger partial charge in [0.1, 0.15) is 5.56 Å². The van der Waals surface area contributed by atoms with Crippen LogP contribution in [0.25, 0.3) is 0 Å². The van der Waals surface area contributed by atoms with E-state index < -0.39 is 18.0 Å². The fourth-order valence-electron chi connectivity index (χ4n) is 3.81. The first-order valence-corrected chi connectivity index (χ1v) is 10.4. The van der Waals surface area contributed by atoms with Crippen LogP contribution >= 0.6 is 0 Å². The van der Waals surface area contributed by atoms with Gasteiger partial charge in [0, 0.05) is 16.7 Å². The molecule has 1 aliphatic rings. The molecule has 8 nitrogen and oxygen atoms in total. The molecule has 0 aromatic heterocycles. The predicted molar refractivity (Wildman–Crippen MR) is 123 cm³/mol. The number of benzene rings is 3. The van der Waals surface area contributed by atoms with Crippen molar-refractivity contribution in [1.29, 1.82) is 0 Å². The molecule has 4 rings (SSSR count). The van der Waals surface area contributed by atoms with Crippen LogP contribution in [0.4, 0.5) is 5.69 Å². The Bertz CT molecular complexity index is 1330. The Labute approximate surface area is 195 Å². The van der Waals surface area contributed by atoms with Crippen molar-refractivity contribution < 1.29 is 33.4 Å². The van der Waals surface area contributed by atoms with E-state index in [4.69, 9.17) is 14.2 Å². The molecule has 0 heterocycles. The highest BCUT2D eigenvalue weighted by molar-refractivity contribution is 6.30. The zero-order chi connectivity index (χ0) is 24.4. The quantitative estimate of drug-likeness (QED) is 0.438. The van der Waals surface area contributed by atoms with Crippen molar-refractivity contribution in [3.05, 3.63) is 88.5 Å². The fraction of sp³-hybridized carbons (Fsp3) is 0.154. The number of carbonyl (C=O) groups is 4. The van der Waals surface area contributed by atoms with Crippen LogP contribution in [0.15, 0.2) is 60.7 Å². The van der Waals surface area contributed by atoms with Crippen LogP contribution in [0.5, 0.6) is 11.5 Å². The van der Waals surface area contributed by atoms with Crippen molar-refractivity contribution in [2.45, 2.75) is 13.0 Å². The first kappa shape index (κ1) is 22.7. The van der Waals surface area contributed by atoms with Crippen LogP contribution in [-0.4, -0.2) is 43.8 Å². The van der Waals surface area contributed by atoms with Crippen molar-refractivity contribution >= 4 is 29.1 Å². The molecule has 0 saturated carbocycles. The third kappa shape index (κ3) is 3.90. The molecule has 3 aromatic carbocycles. The summed E-state index contributed by atoms with van der Waals surface area (Å²) in [4.78, 5) is 51.5. The smallest absolute Gasteiger partial charge is 0.342 e. The second kappa shape index (κ2) is 9.19. The van der Waals surface area contributed by atoms with Gasteiger partial charge in [-0.1, -0.05) is 42.5 Å². The number of ether oxygens (including phenoxy) is 3. The predicted octanol–water partition coefficient (Wildman–Crippen LogP) is 3.66. The molecular weight excluding hydrogens is 438 g/mol. The molecule has 0 fully saturated rings. The van der Waals surface area contributed by atoms with Gasteiger partial charge in [-0.3, -0.25) is 14.4 Å². The lowest BCUT2D eigenvalue weighted by Crippen LogP contribution is -2.31. The largest absolute Gasteiger partial charge is 0.493 e. The van der Waals surface area contributed by atoms with Gasteiger partial charge in [0.2, 0.25) is 0 Å². The van der Waals surface area contributed by atoms with Gasteiger partial charge in [0.25, 0.3) is 5.91 Å². The van der Waals surface area contributed by atoms with E-state index in [1.165, 1.54) is 33.3 Å². The number of hydrogen-bond donors (Lipinski definition) is 1. The molecule has 172 valence electrons. The number of amides is 1. The molecule has 34 heavy (non-hydrogen) atoms. The Kier molecular flexibility index (Phi) is 6.14. The Morgan fingerprint density at radius 2 is 1.44 bits per heavy atom. The van der Waals surface area contributed by atoms with Crippen LogP contribution < -0.4 is 14.8 Å². The summed E-state index contributed by atoms with van der Waals surface area (Å²) < 4.78 is 15.7. The maximum absolute atomic E-state index is 13.1. The number of anilines is 1. The van der Waals surface area contributed by atoms with Gasteiger partial charge >= 0.3 is 5.97 Å². The second-order valence-corrected chi connectivity index (χ2v) is 7.51. The van der Waals surface area contributed by atoms with Crippen LogP contribution in [0.1, 0.15) is 49.1 Å². The van der Waals surface area contributed by atoms with Gasteiger partial charge in [-0.05, 0) is 25.1 Å². The maximum Gasteiger partial charge on any atom is 0.342 e. The molecule has 0 spiro atoms. The lowest BCUT2D eigenvalue weighted by Gasteiger charge is -2.21. The van der Waals surface area contributed by atoms with E-state index in [1.54, 1.807) is 48.5 Å². The molecule has 1 unspecified atom stereocenters. The van der Waals surface area contributed by atoms with E-state index in [2.05, 4.69) is 5.32 Å². The highest BCUT2D eigenvalue weighted by Gasteiger charge is 2.32. The average molecular weight is 459 g/mol. The van der Waals surface area contributed by atoms with Crippen molar-refractivity contribution in [3.8, 4) is 11.5 Å². The molecule has 1 amide bonds. The van der Waals surface area contributed by atoms with Crippen LogP contribution in [-0.2, 0) is 9.53 Å². The van der Waals surface area contributed by atoms with Crippen molar-refractivity contribution in [1.82, 2.24) is 0 Å². The Morgan fingerprint density at radius 3 is 2.12 bits per heavy atom. The topological polar surface area (TPSA) is 108 Å². The number of para-hydroxylation sites is 1. The molecule has 1 N–H and O–H groups in total. The second-order valence-electron chi connectivity index (χ2n) is 7.51. The highest BCUT2D eigenvalue weighted by Crippen LogP contribution is 2.33. The maximum atomic E-state index is 13.1. The van der Waals surface area contributed by atoms with Crippen molar-refractivity contribution in [3.63, 3.8) is 0 Å². The van der Waals surface area contributed by atoms with Crippen LogP contribution in [0.3, 0.4) is 0 Å². The minimum Gasteiger partial charge on any atom is -0.493 e. The summed E-state index contributed by atoms with van der Waals surface area (Å²) in [7, 11) is 2.83. The monoisotopic (exact) mass is 459 g/mol. The minimum atomic E-state index is -1.21. The Morgan fingerprint density at radius 1 is 0.794 bits per heavy atom. The molecular formula is C26H21NO7. The summed E-state index contributed by atoms with van der Waals surface area (Å²) in [6.07, 6.45) is -1.21. The molecule has 0 saturated heterocycles. The fourth-order valence-corrected chi connectivity index (χ4v) is 3.81. The van der Waals surface area contributed by atoms with Gasteiger partial charge in [-0.2, -0.15) is 0 Å². The summed E-state index contributed by atoms with van der Waals surface area (Å²) in [5, 5.41) is 2.61. The third-order valence-electron chi connectivity index (χ3n) is 5.49. The summed E-state index contributed by atoms with van der Waals surface area (Å²) in [6.45, 7) is 1.40. The molecule has 1 aliphatic carbocycles. The van der Waals surface area contributed by atoms with Gasteiger partial charge in [0.15, 0.2) is 29.2 Å². The number of hydrogen-bond acceptors (Lipinski definition) is 7. The molecule has 0 aliphatic heterocycles. The standard InChI is InChI=1S/C26H21NO7/c1-14(34-26(31)18-11-7-13-20(32-2)24(18)33-3)25(30)27-19-12-6-10-17-21(19)23(29)16-9-5-4-8-15(16)22(17)28/h4-14H,1-3H3,(H,27,30). The van der Waals surface area contributed by atoms with Gasteiger partial charge in [-0.15, -0.1) is 0 Å². The number of carbonyl (C=O) groups excluding carboxylic acids is 4. The summed E-state index contributed by atoms with van der Waals surface area (Å²) >= 11 is 0. The summed E-state index contributed by atoms with van der Waals surface area (Å²) in [5.74, 6) is -1.59. The molecule has 8 heteroatoms. The first-order valence-electron chi connectivity index (χ1n) is 10.4. The lowest BCUT2D eigenvalue weighted by atomic mass is 9.83. The van der Waals surface area contributed by atoms with E-state index in [-0.39, 0.29) is 45.3 Å².